The van der Waals surface area contributed by atoms with Crippen molar-refractivity contribution in [3.05, 3.63) is 0 Å². The zero-order valence-electron chi connectivity index (χ0n) is 10.9. The topological polar surface area (TPSA) is 86.7 Å². The number of aliphatic carboxylic acids is 1. The number of nitrogens with one attached hydrogen (secondary N) is 1. The van der Waals surface area contributed by atoms with Crippen LogP contribution < -0.4 is 5.32 Å². The van der Waals surface area contributed by atoms with Crippen molar-refractivity contribution >= 4 is 17.9 Å². The number of amides is 3. The fourth-order valence-electron chi connectivity index (χ4n) is 3.24. The maximum Gasteiger partial charge on any atom is 0.360 e. The average Bonchev–Trinajstić information content (AvgIpc) is 2.59. The summed E-state index contributed by atoms with van der Waals surface area (Å²) in [6.45, 7) is 3.65. The maximum atomic E-state index is 13.6. The van der Waals surface area contributed by atoms with E-state index in [4.69, 9.17) is 5.11 Å². The molecule has 0 bridgehead atoms. The molecule has 2 fully saturated rings. The van der Waals surface area contributed by atoms with E-state index in [0.717, 1.165) is 19.3 Å². The van der Waals surface area contributed by atoms with Crippen LogP contribution in [0.1, 0.15) is 33.1 Å². The zero-order chi connectivity index (χ0) is 14.4. The summed E-state index contributed by atoms with van der Waals surface area (Å²) in [6.07, 6.45) is -0.207. The monoisotopic (exact) mass is 272 g/mol. The van der Waals surface area contributed by atoms with E-state index >= 15 is 0 Å². The van der Waals surface area contributed by atoms with Crippen molar-refractivity contribution in [3.8, 4) is 0 Å². The summed E-state index contributed by atoms with van der Waals surface area (Å²) < 4.78 is 13.6. The van der Waals surface area contributed by atoms with Gasteiger partial charge in [-0.05, 0) is 24.7 Å². The van der Waals surface area contributed by atoms with Gasteiger partial charge in [-0.15, -0.1) is 0 Å². The molecule has 0 aromatic heterocycles. The number of nitrogens with zero attached hydrogens (tertiary/aromatic N) is 1. The quantitative estimate of drug-likeness (QED) is 0.582. The lowest BCUT2D eigenvalue weighted by molar-refractivity contribution is -0.156. The number of carboxylic acids is 1. The summed E-state index contributed by atoms with van der Waals surface area (Å²) in [5, 5.41) is 11.2. The SMILES string of the molecule is CC1CCCC(C)C12NC(=O)N(C(F)C(=O)O)C2=O. The van der Waals surface area contributed by atoms with E-state index in [-0.39, 0.29) is 16.7 Å². The van der Waals surface area contributed by atoms with Crippen LogP contribution in [0.3, 0.4) is 0 Å². The zero-order valence-corrected chi connectivity index (χ0v) is 10.9. The van der Waals surface area contributed by atoms with Crippen molar-refractivity contribution < 1.29 is 23.9 Å². The normalized spacial score (nSPS) is 36.5. The molecule has 7 heteroatoms. The molecular formula is C12H17FN2O4. The molecule has 1 heterocycles. The van der Waals surface area contributed by atoms with Gasteiger partial charge in [-0.25, -0.2) is 18.9 Å². The number of halogens is 1. The standard InChI is InChI=1S/C12H17FN2O4/c1-6-4-3-5-7(2)12(6)10(18)15(11(19)14-12)8(13)9(16)17/h6-8H,3-5H2,1-2H3,(H,14,19)(H,16,17). The molecule has 1 aliphatic carbocycles. The molecular weight excluding hydrogens is 255 g/mol. The lowest BCUT2D eigenvalue weighted by Crippen LogP contribution is -2.59. The molecule has 106 valence electrons. The number of rotatable bonds is 2. The lowest BCUT2D eigenvalue weighted by atomic mass is 9.67. The number of carbonyl (C=O) groups excluding carboxylic acids is 2. The van der Waals surface area contributed by atoms with Gasteiger partial charge in [-0.3, -0.25) is 4.79 Å². The van der Waals surface area contributed by atoms with Crippen LogP contribution in [0.15, 0.2) is 0 Å². The Labute approximate surface area is 109 Å². The van der Waals surface area contributed by atoms with Crippen molar-refractivity contribution in [2.45, 2.75) is 44.9 Å². The van der Waals surface area contributed by atoms with Gasteiger partial charge >= 0.3 is 12.0 Å². The van der Waals surface area contributed by atoms with E-state index in [0.29, 0.717) is 0 Å². The molecule has 2 aliphatic rings. The first-order valence-corrected chi connectivity index (χ1v) is 6.35. The van der Waals surface area contributed by atoms with Crippen LogP contribution >= 0.6 is 0 Å². The fraction of sp³-hybridized carbons (Fsp3) is 0.750. The highest BCUT2D eigenvalue weighted by atomic mass is 19.1. The van der Waals surface area contributed by atoms with Gasteiger partial charge < -0.3 is 10.4 Å². The van der Waals surface area contributed by atoms with Crippen molar-refractivity contribution in [2.75, 3.05) is 0 Å². The van der Waals surface area contributed by atoms with Crippen molar-refractivity contribution in [2.24, 2.45) is 11.8 Å². The number of imide groups is 1. The first-order chi connectivity index (χ1) is 8.82. The smallest absolute Gasteiger partial charge is 0.360 e. The van der Waals surface area contributed by atoms with Crippen LogP contribution in [0.25, 0.3) is 0 Å². The highest BCUT2D eigenvalue weighted by Crippen LogP contribution is 2.42. The molecule has 1 aliphatic heterocycles. The van der Waals surface area contributed by atoms with Gasteiger partial charge in [0.05, 0.1) is 0 Å². The third-order valence-corrected chi connectivity index (χ3v) is 4.36. The minimum Gasteiger partial charge on any atom is -0.478 e. The lowest BCUT2D eigenvalue weighted by Gasteiger charge is -2.42. The molecule has 2 rings (SSSR count). The van der Waals surface area contributed by atoms with Gasteiger partial charge in [0.2, 0.25) is 0 Å². The summed E-state index contributed by atoms with van der Waals surface area (Å²) in [6, 6.07) is -0.958. The highest BCUT2D eigenvalue weighted by molar-refractivity contribution is 6.09. The van der Waals surface area contributed by atoms with Gasteiger partial charge in [-0.1, -0.05) is 20.3 Å². The second kappa shape index (κ2) is 4.47. The van der Waals surface area contributed by atoms with E-state index in [1.807, 2.05) is 13.8 Å². The first-order valence-electron chi connectivity index (χ1n) is 6.35. The molecule has 1 saturated carbocycles. The highest BCUT2D eigenvalue weighted by Gasteiger charge is 2.60. The van der Waals surface area contributed by atoms with Gasteiger partial charge in [-0.2, -0.15) is 0 Å². The van der Waals surface area contributed by atoms with Gasteiger partial charge in [0, 0.05) is 0 Å². The van der Waals surface area contributed by atoms with Crippen molar-refractivity contribution in [3.63, 3.8) is 0 Å². The molecule has 0 radical (unpaired) electrons. The third kappa shape index (κ3) is 1.79. The minimum atomic E-state index is -2.63. The predicted octanol–water partition coefficient (Wildman–Crippen LogP) is 1.11. The maximum absolute atomic E-state index is 13.6. The molecule has 0 aromatic rings. The van der Waals surface area contributed by atoms with Crippen LogP contribution in [0.4, 0.5) is 9.18 Å². The predicted molar refractivity (Wildman–Crippen MR) is 62.8 cm³/mol. The fourth-order valence-corrected chi connectivity index (χ4v) is 3.24. The van der Waals surface area contributed by atoms with Crippen LogP contribution in [0, 0.1) is 11.8 Å². The molecule has 1 spiro atoms. The summed E-state index contributed by atoms with van der Waals surface area (Å²) in [7, 11) is 0. The van der Waals surface area contributed by atoms with Crippen molar-refractivity contribution in [1.82, 2.24) is 10.2 Å². The summed E-state index contributed by atoms with van der Waals surface area (Å²) in [5.74, 6) is -2.87. The van der Waals surface area contributed by atoms with Crippen LogP contribution in [0.2, 0.25) is 0 Å². The largest absolute Gasteiger partial charge is 0.478 e. The average molecular weight is 272 g/mol. The minimum absolute atomic E-state index is 0.140. The van der Waals surface area contributed by atoms with Gasteiger partial charge in [0.15, 0.2) is 0 Å². The molecule has 3 atom stereocenters. The molecule has 3 unspecified atom stereocenters. The third-order valence-electron chi connectivity index (χ3n) is 4.36. The van der Waals surface area contributed by atoms with Crippen LogP contribution in [-0.4, -0.2) is 39.7 Å². The Balaban J connectivity index is 2.38. The number of hydrogen-bond donors (Lipinski definition) is 2. The molecule has 6 nitrogen and oxygen atoms in total. The summed E-state index contributed by atoms with van der Waals surface area (Å²) >= 11 is 0. The van der Waals surface area contributed by atoms with Gasteiger partial charge in [0.1, 0.15) is 5.54 Å². The Hall–Kier alpha value is -1.66. The van der Waals surface area contributed by atoms with E-state index < -0.39 is 29.7 Å². The van der Waals surface area contributed by atoms with Gasteiger partial charge in [0.25, 0.3) is 12.2 Å². The number of hydrogen-bond acceptors (Lipinski definition) is 3. The van der Waals surface area contributed by atoms with E-state index in [2.05, 4.69) is 5.32 Å². The number of carbonyl (C=O) groups is 3. The summed E-state index contributed by atoms with van der Waals surface area (Å²) in [4.78, 5) is 35.0. The summed E-state index contributed by atoms with van der Waals surface area (Å²) in [5.41, 5.74) is -1.16. The molecule has 1 saturated heterocycles. The molecule has 2 N–H and O–H groups in total. The second-order valence-corrected chi connectivity index (χ2v) is 5.38. The Bertz CT molecular complexity index is 429. The molecule has 3 amide bonds. The number of carboxylic acid groups (broad SMARTS) is 1. The van der Waals surface area contributed by atoms with E-state index in [1.165, 1.54) is 0 Å². The second-order valence-electron chi connectivity index (χ2n) is 5.38. The molecule has 0 aromatic carbocycles. The van der Waals surface area contributed by atoms with Crippen LogP contribution in [-0.2, 0) is 9.59 Å². The Kier molecular flexibility index (Phi) is 3.24. The van der Waals surface area contributed by atoms with E-state index in [9.17, 15) is 18.8 Å². The van der Waals surface area contributed by atoms with E-state index in [1.54, 1.807) is 0 Å². The Morgan fingerprint density at radius 1 is 1.42 bits per heavy atom. The number of alkyl halides is 1. The Morgan fingerprint density at radius 3 is 2.42 bits per heavy atom. The van der Waals surface area contributed by atoms with Crippen molar-refractivity contribution in [1.29, 1.82) is 0 Å². The number of urea groups is 1. The Morgan fingerprint density at radius 2 is 1.95 bits per heavy atom. The first kappa shape index (κ1) is 13.8. The van der Waals surface area contributed by atoms with Crippen LogP contribution in [0.5, 0.6) is 0 Å². The molecule has 19 heavy (non-hydrogen) atoms.